The molecule has 3 aromatic heterocycles. The van der Waals surface area contributed by atoms with Crippen LogP contribution in [0.1, 0.15) is 23.4 Å². The van der Waals surface area contributed by atoms with Crippen LogP contribution >= 0.6 is 0 Å². The minimum absolute atomic E-state index is 0.0174. The molecule has 12 heteroatoms. The smallest absolute Gasteiger partial charge is 0.433 e. The van der Waals surface area contributed by atoms with Crippen molar-refractivity contribution in [3.63, 3.8) is 0 Å². The second-order valence-corrected chi connectivity index (χ2v) is 7.72. The SMILES string of the molecule is Cc1cccc(-c2cc(-c3cn(Cc4cccc(C(F)(F)F)n4)nn3)nc(NCCC(=O)O)n2)c1. The normalized spacial score (nSPS) is 11.4. The number of alkyl halides is 3. The van der Waals surface area contributed by atoms with E-state index in [1.54, 1.807) is 12.3 Å². The highest BCUT2D eigenvalue weighted by Gasteiger charge is 2.32. The van der Waals surface area contributed by atoms with Crippen molar-refractivity contribution < 1.29 is 23.1 Å². The summed E-state index contributed by atoms with van der Waals surface area (Å²) in [4.78, 5) is 23.4. The molecule has 2 N–H and O–H groups in total. The van der Waals surface area contributed by atoms with E-state index in [-0.39, 0.29) is 31.2 Å². The fraction of sp³-hybridized carbons (Fsp3) is 0.217. The number of anilines is 1. The van der Waals surface area contributed by atoms with Gasteiger partial charge in [0.2, 0.25) is 5.95 Å². The van der Waals surface area contributed by atoms with E-state index in [1.165, 1.54) is 16.8 Å². The van der Waals surface area contributed by atoms with Crippen LogP contribution in [0.3, 0.4) is 0 Å². The van der Waals surface area contributed by atoms with Gasteiger partial charge in [0.15, 0.2) is 0 Å². The number of hydrogen-bond donors (Lipinski definition) is 2. The lowest BCUT2D eigenvalue weighted by Crippen LogP contribution is -2.11. The Kier molecular flexibility index (Phi) is 6.71. The molecule has 0 fully saturated rings. The van der Waals surface area contributed by atoms with E-state index in [9.17, 15) is 18.0 Å². The number of rotatable bonds is 8. The molecule has 0 radical (unpaired) electrons. The third-order valence-corrected chi connectivity index (χ3v) is 4.88. The van der Waals surface area contributed by atoms with Gasteiger partial charge < -0.3 is 10.4 Å². The first-order chi connectivity index (χ1) is 16.7. The van der Waals surface area contributed by atoms with Gasteiger partial charge in [0, 0.05) is 12.1 Å². The molecule has 0 saturated carbocycles. The Morgan fingerprint density at radius 3 is 2.54 bits per heavy atom. The highest BCUT2D eigenvalue weighted by molar-refractivity contribution is 5.69. The van der Waals surface area contributed by atoms with Gasteiger partial charge in [0.25, 0.3) is 0 Å². The first-order valence-electron chi connectivity index (χ1n) is 10.5. The van der Waals surface area contributed by atoms with Gasteiger partial charge in [0.1, 0.15) is 11.4 Å². The average molecular weight is 483 g/mol. The summed E-state index contributed by atoms with van der Waals surface area (Å²) in [6.07, 6.45) is -3.11. The van der Waals surface area contributed by atoms with E-state index >= 15 is 0 Å². The maximum absolute atomic E-state index is 13.0. The number of benzene rings is 1. The summed E-state index contributed by atoms with van der Waals surface area (Å²) in [5.41, 5.74) is 2.43. The van der Waals surface area contributed by atoms with Gasteiger partial charge >= 0.3 is 12.1 Å². The van der Waals surface area contributed by atoms with E-state index in [1.807, 2.05) is 31.2 Å². The molecule has 0 amide bonds. The van der Waals surface area contributed by atoms with Gasteiger partial charge in [-0.1, -0.05) is 35.0 Å². The molecule has 0 spiro atoms. The number of carboxylic acids is 1. The number of halogens is 3. The Bertz CT molecular complexity index is 1350. The maximum atomic E-state index is 13.0. The van der Waals surface area contributed by atoms with Crippen LogP contribution in [-0.4, -0.2) is 47.6 Å². The van der Waals surface area contributed by atoms with Crippen molar-refractivity contribution in [2.24, 2.45) is 0 Å². The highest BCUT2D eigenvalue weighted by Crippen LogP contribution is 2.28. The minimum atomic E-state index is -4.54. The highest BCUT2D eigenvalue weighted by atomic mass is 19.4. The number of pyridine rings is 1. The molecule has 35 heavy (non-hydrogen) atoms. The third-order valence-electron chi connectivity index (χ3n) is 4.88. The van der Waals surface area contributed by atoms with Crippen molar-refractivity contribution in [3.05, 3.63) is 71.7 Å². The molecule has 3 heterocycles. The van der Waals surface area contributed by atoms with Crippen LogP contribution in [0.25, 0.3) is 22.6 Å². The molecule has 0 unspecified atom stereocenters. The molecule has 0 aliphatic carbocycles. The van der Waals surface area contributed by atoms with Crippen LogP contribution in [0.15, 0.2) is 54.7 Å². The summed E-state index contributed by atoms with van der Waals surface area (Å²) in [5.74, 6) is -0.743. The van der Waals surface area contributed by atoms with Crippen LogP contribution in [0.2, 0.25) is 0 Å². The van der Waals surface area contributed by atoms with Crippen LogP contribution in [0.5, 0.6) is 0 Å². The first-order valence-corrected chi connectivity index (χ1v) is 10.5. The van der Waals surface area contributed by atoms with Gasteiger partial charge in [0.05, 0.1) is 36.2 Å². The molecule has 180 valence electrons. The molecule has 0 aliphatic rings. The van der Waals surface area contributed by atoms with Gasteiger partial charge in [-0.3, -0.25) is 4.79 Å². The van der Waals surface area contributed by atoms with E-state index < -0.39 is 17.8 Å². The average Bonchev–Trinajstić information content (AvgIpc) is 3.27. The Morgan fingerprint density at radius 1 is 1.03 bits per heavy atom. The topological polar surface area (TPSA) is 119 Å². The fourth-order valence-corrected chi connectivity index (χ4v) is 3.28. The zero-order valence-corrected chi connectivity index (χ0v) is 18.5. The van der Waals surface area contributed by atoms with Crippen molar-refractivity contribution >= 4 is 11.9 Å². The lowest BCUT2D eigenvalue weighted by atomic mass is 10.1. The summed E-state index contributed by atoms with van der Waals surface area (Å²) in [6, 6.07) is 13.1. The molecule has 4 rings (SSSR count). The van der Waals surface area contributed by atoms with Gasteiger partial charge in [-0.25, -0.2) is 19.6 Å². The molecule has 9 nitrogen and oxygen atoms in total. The number of carboxylic acid groups (broad SMARTS) is 1. The van der Waals surface area contributed by atoms with Crippen molar-refractivity contribution in [2.45, 2.75) is 26.1 Å². The lowest BCUT2D eigenvalue weighted by molar-refractivity contribution is -0.141. The van der Waals surface area contributed by atoms with Gasteiger partial charge in [-0.05, 0) is 31.2 Å². The molecule has 0 atom stereocenters. The number of nitrogens with one attached hydrogen (secondary N) is 1. The number of aryl methyl sites for hydroxylation is 1. The van der Waals surface area contributed by atoms with E-state index in [0.29, 0.717) is 17.1 Å². The van der Waals surface area contributed by atoms with Crippen molar-refractivity contribution in [2.75, 3.05) is 11.9 Å². The minimum Gasteiger partial charge on any atom is -0.481 e. The molecular weight excluding hydrogens is 463 g/mol. The van der Waals surface area contributed by atoms with Crippen LogP contribution in [0.4, 0.5) is 19.1 Å². The lowest BCUT2D eigenvalue weighted by Gasteiger charge is -2.09. The number of aromatic nitrogens is 6. The first kappa shape index (κ1) is 23.8. The van der Waals surface area contributed by atoms with E-state index in [0.717, 1.165) is 17.2 Å². The van der Waals surface area contributed by atoms with Crippen molar-refractivity contribution in [3.8, 4) is 22.6 Å². The summed E-state index contributed by atoms with van der Waals surface area (Å²) in [5, 5.41) is 19.9. The van der Waals surface area contributed by atoms with Crippen LogP contribution in [-0.2, 0) is 17.5 Å². The van der Waals surface area contributed by atoms with Crippen molar-refractivity contribution in [1.29, 1.82) is 0 Å². The Morgan fingerprint density at radius 2 is 1.80 bits per heavy atom. The molecule has 4 aromatic rings. The molecule has 0 aliphatic heterocycles. The largest absolute Gasteiger partial charge is 0.481 e. The summed E-state index contributed by atoms with van der Waals surface area (Å²) < 4.78 is 40.2. The molecule has 1 aromatic carbocycles. The number of carbonyl (C=O) groups is 1. The third kappa shape index (κ3) is 6.16. The Balaban J connectivity index is 1.63. The van der Waals surface area contributed by atoms with E-state index in [4.69, 9.17) is 5.11 Å². The van der Waals surface area contributed by atoms with Gasteiger partial charge in [-0.15, -0.1) is 5.10 Å². The Hall–Kier alpha value is -4.35. The van der Waals surface area contributed by atoms with Crippen LogP contribution < -0.4 is 5.32 Å². The van der Waals surface area contributed by atoms with Gasteiger partial charge in [-0.2, -0.15) is 13.2 Å². The quantitative estimate of drug-likeness (QED) is 0.385. The zero-order valence-electron chi connectivity index (χ0n) is 18.5. The monoisotopic (exact) mass is 483 g/mol. The van der Waals surface area contributed by atoms with E-state index in [2.05, 4.69) is 30.6 Å². The molecule has 0 saturated heterocycles. The van der Waals surface area contributed by atoms with Crippen molar-refractivity contribution in [1.82, 2.24) is 29.9 Å². The number of hydrogen-bond acceptors (Lipinski definition) is 7. The summed E-state index contributed by atoms with van der Waals surface area (Å²) >= 11 is 0. The predicted octanol–water partition coefficient (Wildman–Crippen LogP) is 4.06. The fourth-order valence-electron chi connectivity index (χ4n) is 3.28. The van der Waals surface area contributed by atoms with Crippen LogP contribution in [0, 0.1) is 6.92 Å². The second-order valence-electron chi connectivity index (χ2n) is 7.72. The number of nitrogens with zero attached hydrogens (tertiary/aromatic N) is 6. The zero-order chi connectivity index (χ0) is 25.0. The number of aliphatic carboxylic acids is 1. The second kappa shape index (κ2) is 9.87. The summed E-state index contributed by atoms with van der Waals surface area (Å²) in [7, 11) is 0. The Labute approximate surface area is 197 Å². The molecular formula is C23H20F3N7O2. The maximum Gasteiger partial charge on any atom is 0.433 e. The standard InChI is InChI=1S/C23H20F3N7O2/c1-14-4-2-5-15(10-14)17-11-18(30-22(29-17)27-9-8-21(34)35)19-13-33(32-31-19)12-16-6-3-7-20(28-16)23(24,25)26/h2-7,10-11,13H,8-9,12H2,1H3,(H,34,35)(H,27,29,30). The molecule has 0 bridgehead atoms. The predicted molar refractivity (Wildman–Crippen MR) is 120 cm³/mol. The summed E-state index contributed by atoms with van der Waals surface area (Å²) in [6.45, 7) is 2.06.